The zero-order valence-corrected chi connectivity index (χ0v) is 17.9. The molecule has 2 heterocycles. The van der Waals surface area contributed by atoms with Crippen molar-refractivity contribution in [3.8, 4) is 11.3 Å². The number of sulfonamides is 1. The molecule has 2 aromatic heterocycles. The Balaban J connectivity index is 1.74. The third-order valence-electron chi connectivity index (χ3n) is 5.48. The van der Waals surface area contributed by atoms with Gasteiger partial charge in [0.15, 0.2) is 0 Å². The van der Waals surface area contributed by atoms with E-state index in [1.165, 1.54) is 4.68 Å². The van der Waals surface area contributed by atoms with Crippen LogP contribution < -0.4 is 10.3 Å². The Labute approximate surface area is 175 Å². The van der Waals surface area contributed by atoms with Crippen molar-refractivity contribution in [2.24, 2.45) is 7.05 Å². The quantitative estimate of drug-likeness (QED) is 0.679. The molecule has 1 aliphatic carbocycles. The topological polar surface area (TPSA) is 94.0 Å². The van der Waals surface area contributed by atoms with E-state index < -0.39 is 10.0 Å². The maximum atomic E-state index is 13.0. The number of rotatable bonds is 5. The van der Waals surface area contributed by atoms with Gasteiger partial charge in [-0.3, -0.25) is 9.78 Å². The molecule has 0 radical (unpaired) electrons. The second kappa shape index (κ2) is 8.12. The fourth-order valence-electron chi connectivity index (χ4n) is 3.87. The van der Waals surface area contributed by atoms with Gasteiger partial charge in [0.25, 0.3) is 5.56 Å². The molecule has 0 amide bonds. The molecule has 1 aromatic carbocycles. The minimum atomic E-state index is -3.75. The van der Waals surface area contributed by atoms with Gasteiger partial charge in [-0.25, -0.2) is 17.8 Å². The molecule has 0 unspecified atom stereocenters. The van der Waals surface area contributed by atoms with Crippen LogP contribution in [-0.2, 0) is 36.5 Å². The summed E-state index contributed by atoms with van der Waals surface area (Å²) in [7, 11) is -2.11. The first-order chi connectivity index (χ1) is 14.4. The Morgan fingerprint density at radius 1 is 1.10 bits per heavy atom. The summed E-state index contributed by atoms with van der Waals surface area (Å²) in [5.41, 5.74) is 4.35. The van der Waals surface area contributed by atoms with Crippen molar-refractivity contribution in [1.82, 2.24) is 19.5 Å². The van der Waals surface area contributed by atoms with Crippen molar-refractivity contribution in [2.75, 3.05) is 0 Å². The summed E-state index contributed by atoms with van der Waals surface area (Å²) in [5, 5.41) is 4.48. The van der Waals surface area contributed by atoms with Gasteiger partial charge in [-0.15, -0.1) is 0 Å². The van der Waals surface area contributed by atoms with Crippen LogP contribution in [0.5, 0.6) is 0 Å². The molecular weight excluding hydrogens is 400 g/mol. The van der Waals surface area contributed by atoms with E-state index in [0.29, 0.717) is 22.5 Å². The number of hydrogen-bond acceptors (Lipinski definition) is 5. The van der Waals surface area contributed by atoms with Gasteiger partial charge in [0.2, 0.25) is 10.0 Å². The van der Waals surface area contributed by atoms with Crippen molar-refractivity contribution in [2.45, 2.75) is 44.0 Å². The number of nitrogens with one attached hydrogen (secondary N) is 1. The van der Waals surface area contributed by atoms with Gasteiger partial charge >= 0.3 is 0 Å². The summed E-state index contributed by atoms with van der Waals surface area (Å²) in [4.78, 5) is 16.9. The van der Waals surface area contributed by atoms with Crippen LogP contribution >= 0.6 is 0 Å². The first-order valence-electron chi connectivity index (χ1n) is 9.96. The molecule has 0 atom stereocenters. The van der Waals surface area contributed by atoms with Crippen LogP contribution in [0.4, 0.5) is 0 Å². The summed E-state index contributed by atoms with van der Waals surface area (Å²) in [5.74, 6) is 0. The number of aromatic nitrogens is 3. The second-order valence-corrected chi connectivity index (χ2v) is 9.30. The van der Waals surface area contributed by atoms with Crippen LogP contribution in [0.15, 0.2) is 52.3 Å². The van der Waals surface area contributed by atoms with Crippen molar-refractivity contribution in [1.29, 1.82) is 0 Å². The minimum Gasteiger partial charge on any atom is -0.268 e. The fourth-order valence-corrected chi connectivity index (χ4v) is 5.14. The summed E-state index contributed by atoms with van der Waals surface area (Å²) in [6.07, 6.45) is 5.12. The van der Waals surface area contributed by atoms with E-state index in [-0.39, 0.29) is 17.0 Å². The molecule has 156 valence electrons. The highest BCUT2D eigenvalue weighted by Crippen LogP contribution is 2.30. The number of aryl methyl sites for hydroxylation is 2. The molecule has 0 fully saturated rings. The van der Waals surface area contributed by atoms with Gasteiger partial charge in [-0.2, -0.15) is 5.10 Å². The molecule has 1 aliphatic rings. The van der Waals surface area contributed by atoms with E-state index in [1.54, 1.807) is 44.4 Å². The first kappa shape index (κ1) is 20.4. The van der Waals surface area contributed by atoms with Crippen molar-refractivity contribution in [3.05, 3.63) is 75.3 Å². The fraction of sp³-hybridized carbons (Fsp3) is 0.318. The Morgan fingerprint density at radius 2 is 1.87 bits per heavy atom. The van der Waals surface area contributed by atoms with Gasteiger partial charge in [-0.05, 0) is 61.9 Å². The number of hydrogen-bond donors (Lipinski definition) is 1. The lowest BCUT2D eigenvalue weighted by Crippen LogP contribution is -2.28. The molecule has 0 saturated heterocycles. The van der Waals surface area contributed by atoms with E-state index in [1.807, 2.05) is 12.1 Å². The zero-order chi connectivity index (χ0) is 21.3. The molecule has 0 spiro atoms. The Morgan fingerprint density at radius 3 is 2.60 bits per heavy atom. The van der Waals surface area contributed by atoms with Crippen molar-refractivity contribution < 1.29 is 8.42 Å². The Kier molecular flexibility index (Phi) is 5.53. The van der Waals surface area contributed by atoms with Crippen molar-refractivity contribution in [3.63, 3.8) is 0 Å². The molecule has 4 rings (SSSR count). The monoisotopic (exact) mass is 424 g/mol. The Bertz CT molecular complexity index is 1250. The molecule has 8 heteroatoms. The van der Waals surface area contributed by atoms with Crippen LogP contribution in [0.25, 0.3) is 11.3 Å². The minimum absolute atomic E-state index is 0.0644. The van der Waals surface area contributed by atoms with E-state index >= 15 is 0 Å². The van der Waals surface area contributed by atoms with Gasteiger partial charge in [0.1, 0.15) is 0 Å². The summed E-state index contributed by atoms with van der Waals surface area (Å²) < 4.78 is 30.0. The Hall–Kier alpha value is -2.84. The van der Waals surface area contributed by atoms with E-state index in [0.717, 1.165) is 36.8 Å². The highest BCUT2D eigenvalue weighted by atomic mass is 32.2. The average Bonchev–Trinajstić information content (AvgIpc) is 2.76. The molecular formula is C22H24N4O3S. The lowest BCUT2D eigenvalue weighted by Gasteiger charge is -2.20. The first-order valence-corrected chi connectivity index (χ1v) is 11.4. The molecule has 1 N–H and O–H groups in total. The summed E-state index contributed by atoms with van der Waals surface area (Å²) in [6.45, 7) is 1.88. The van der Waals surface area contributed by atoms with Gasteiger partial charge in [-0.1, -0.05) is 18.2 Å². The number of pyridine rings is 1. The molecule has 3 aromatic rings. The third-order valence-corrected chi connectivity index (χ3v) is 7.02. The SMILES string of the molecule is Cc1ccc(-c2nn(C)c(=O)c3c2CCCC3)cc1S(=O)(=O)NCc1ccccn1. The van der Waals surface area contributed by atoms with Crippen LogP contribution in [0.2, 0.25) is 0 Å². The number of fused-ring (bicyclic) bond motifs is 1. The van der Waals surface area contributed by atoms with Gasteiger partial charge in [0.05, 0.1) is 22.8 Å². The van der Waals surface area contributed by atoms with E-state index in [4.69, 9.17) is 0 Å². The smallest absolute Gasteiger partial charge is 0.268 e. The van der Waals surface area contributed by atoms with Gasteiger partial charge < -0.3 is 0 Å². The molecule has 0 saturated carbocycles. The summed E-state index contributed by atoms with van der Waals surface area (Å²) >= 11 is 0. The van der Waals surface area contributed by atoms with Gasteiger partial charge in [0, 0.05) is 24.4 Å². The predicted molar refractivity (Wildman–Crippen MR) is 115 cm³/mol. The maximum Gasteiger partial charge on any atom is 0.269 e. The van der Waals surface area contributed by atoms with Crippen LogP contribution in [0.3, 0.4) is 0 Å². The number of nitrogens with zero attached hydrogens (tertiary/aromatic N) is 3. The van der Waals surface area contributed by atoms with Crippen LogP contribution in [-0.4, -0.2) is 23.2 Å². The molecule has 0 bridgehead atoms. The van der Waals surface area contributed by atoms with Crippen molar-refractivity contribution >= 4 is 10.0 Å². The highest BCUT2D eigenvalue weighted by molar-refractivity contribution is 7.89. The standard InChI is InChI=1S/C22H24N4O3S/c1-15-10-11-16(21-18-8-3-4-9-19(18)22(27)26(2)25-21)13-20(15)30(28,29)24-14-17-7-5-6-12-23-17/h5-7,10-13,24H,3-4,8-9,14H2,1-2H3. The largest absolute Gasteiger partial charge is 0.269 e. The predicted octanol–water partition coefficient (Wildman–Crippen LogP) is 2.51. The summed E-state index contributed by atoms with van der Waals surface area (Å²) in [6, 6.07) is 10.7. The van der Waals surface area contributed by atoms with E-state index in [2.05, 4.69) is 14.8 Å². The number of benzene rings is 1. The van der Waals surface area contributed by atoms with Crippen LogP contribution in [0, 0.1) is 6.92 Å². The lowest BCUT2D eigenvalue weighted by atomic mass is 9.89. The zero-order valence-electron chi connectivity index (χ0n) is 17.1. The lowest BCUT2D eigenvalue weighted by molar-refractivity contribution is 0.580. The average molecular weight is 425 g/mol. The third kappa shape index (κ3) is 3.93. The highest BCUT2D eigenvalue weighted by Gasteiger charge is 2.23. The normalized spacial score (nSPS) is 13.8. The van der Waals surface area contributed by atoms with E-state index in [9.17, 15) is 13.2 Å². The molecule has 30 heavy (non-hydrogen) atoms. The van der Waals surface area contributed by atoms with Crippen LogP contribution in [0.1, 0.15) is 35.2 Å². The molecule has 7 nitrogen and oxygen atoms in total. The maximum absolute atomic E-state index is 13.0. The second-order valence-electron chi connectivity index (χ2n) is 7.57. The molecule has 0 aliphatic heterocycles.